The van der Waals surface area contributed by atoms with Crippen LogP contribution in [0, 0.1) is 5.41 Å². The zero-order valence-corrected chi connectivity index (χ0v) is 24.2. The summed E-state index contributed by atoms with van der Waals surface area (Å²) in [4.78, 5) is 27.7. The number of carbonyl (C=O) groups excluding carboxylic acids is 2. The summed E-state index contributed by atoms with van der Waals surface area (Å²) < 4.78 is 17.3. The second kappa shape index (κ2) is 11.5. The summed E-state index contributed by atoms with van der Waals surface area (Å²) in [7, 11) is 3.15. The van der Waals surface area contributed by atoms with Crippen molar-refractivity contribution < 1.29 is 23.8 Å². The van der Waals surface area contributed by atoms with Gasteiger partial charge in [-0.05, 0) is 54.2 Å². The second-order valence-electron chi connectivity index (χ2n) is 11.3. The van der Waals surface area contributed by atoms with Gasteiger partial charge in [-0.3, -0.25) is 9.59 Å². The van der Waals surface area contributed by atoms with Crippen molar-refractivity contribution in [2.75, 3.05) is 19.5 Å². The lowest BCUT2D eigenvalue weighted by Crippen LogP contribution is -2.39. The average Bonchev–Trinajstić information content (AvgIpc) is 2.95. The Labute approximate surface area is 241 Å². The maximum absolute atomic E-state index is 14.0. The van der Waals surface area contributed by atoms with E-state index in [9.17, 15) is 9.59 Å². The topological polar surface area (TPSA) is 85.9 Å². The number of benzene rings is 3. The van der Waals surface area contributed by atoms with Gasteiger partial charge in [0.05, 0.1) is 19.9 Å². The van der Waals surface area contributed by atoms with Crippen LogP contribution in [0.3, 0.4) is 0 Å². The van der Waals surface area contributed by atoms with Gasteiger partial charge in [-0.1, -0.05) is 62.4 Å². The molecule has 1 unspecified atom stereocenters. The van der Waals surface area contributed by atoms with Gasteiger partial charge in [-0.2, -0.15) is 0 Å². The zero-order valence-electron chi connectivity index (χ0n) is 24.2. The van der Waals surface area contributed by atoms with Gasteiger partial charge in [0.2, 0.25) is 0 Å². The van der Waals surface area contributed by atoms with E-state index < -0.39 is 5.92 Å². The number of ketones is 1. The summed E-state index contributed by atoms with van der Waals surface area (Å²) in [6.07, 6.45) is 1.11. The molecule has 3 aromatic rings. The Kier molecular flexibility index (Phi) is 7.88. The summed E-state index contributed by atoms with van der Waals surface area (Å²) >= 11 is 0. The molecule has 0 aromatic heterocycles. The highest BCUT2D eigenvalue weighted by atomic mass is 16.5. The van der Waals surface area contributed by atoms with Crippen LogP contribution in [-0.4, -0.2) is 25.9 Å². The smallest absolute Gasteiger partial charge is 0.254 e. The Morgan fingerprint density at radius 2 is 1.63 bits per heavy atom. The molecule has 1 aliphatic heterocycles. The minimum absolute atomic E-state index is 0.0345. The lowest BCUT2D eigenvalue weighted by molar-refractivity contribution is -0.118. The van der Waals surface area contributed by atoms with E-state index in [2.05, 4.69) is 24.5 Å². The van der Waals surface area contributed by atoms with Gasteiger partial charge in [-0.25, -0.2) is 0 Å². The number of amides is 1. The maximum atomic E-state index is 14.0. The molecular formula is C34H36N2O5. The molecule has 0 spiro atoms. The van der Waals surface area contributed by atoms with Crippen LogP contribution in [0.1, 0.15) is 50.7 Å². The molecule has 0 saturated heterocycles. The number of allylic oxidation sites excluding steroid dienone is 3. The third-order valence-electron chi connectivity index (χ3n) is 7.60. The maximum Gasteiger partial charge on any atom is 0.254 e. The van der Waals surface area contributed by atoms with E-state index in [1.165, 1.54) is 0 Å². The van der Waals surface area contributed by atoms with Crippen molar-refractivity contribution in [3.63, 3.8) is 0 Å². The Bertz CT molecular complexity index is 1540. The van der Waals surface area contributed by atoms with Crippen LogP contribution < -0.4 is 24.8 Å². The zero-order chi connectivity index (χ0) is 29.1. The van der Waals surface area contributed by atoms with Crippen molar-refractivity contribution in [3.05, 3.63) is 106 Å². The number of methoxy groups -OCH3 is 2. The number of hydrogen-bond acceptors (Lipinski definition) is 6. The molecule has 1 heterocycles. The van der Waals surface area contributed by atoms with Crippen LogP contribution in [0.4, 0.5) is 5.69 Å². The minimum Gasteiger partial charge on any atom is -0.495 e. The number of hydrogen-bond donors (Lipinski definition) is 2. The fourth-order valence-electron chi connectivity index (χ4n) is 5.73. The lowest BCUT2D eigenvalue weighted by atomic mass is 9.68. The van der Waals surface area contributed by atoms with E-state index >= 15 is 0 Å². The number of nitrogens with one attached hydrogen (secondary N) is 2. The van der Waals surface area contributed by atoms with Crippen LogP contribution in [0.15, 0.2) is 95.3 Å². The van der Waals surface area contributed by atoms with E-state index in [0.717, 1.165) is 16.8 Å². The van der Waals surface area contributed by atoms with Gasteiger partial charge in [0.15, 0.2) is 17.3 Å². The first kappa shape index (κ1) is 28.0. The fourth-order valence-corrected chi connectivity index (χ4v) is 5.73. The molecule has 7 heteroatoms. The third kappa shape index (κ3) is 5.85. The average molecular weight is 553 g/mol. The quantitative estimate of drug-likeness (QED) is 0.331. The first-order valence-corrected chi connectivity index (χ1v) is 13.7. The first-order chi connectivity index (χ1) is 19.7. The number of rotatable bonds is 8. The van der Waals surface area contributed by atoms with Crippen LogP contribution in [0.25, 0.3) is 0 Å². The highest BCUT2D eigenvalue weighted by Gasteiger charge is 2.43. The molecule has 3 aromatic carbocycles. The molecule has 2 N–H and O–H groups in total. The van der Waals surface area contributed by atoms with E-state index in [4.69, 9.17) is 14.2 Å². The predicted octanol–water partition coefficient (Wildman–Crippen LogP) is 6.53. The summed E-state index contributed by atoms with van der Waals surface area (Å²) in [5, 5.41) is 6.43. The number of dihydropyridines is 1. The molecule has 1 atom stereocenters. The van der Waals surface area contributed by atoms with Gasteiger partial charge < -0.3 is 24.8 Å². The molecule has 0 saturated carbocycles. The van der Waals surface area contributed by atoms with E-state index in [-0.39, 0.29) is 17.1 Å². The molecule has 212 valence electrons. The molecule has 1 aliphatic carbocycles. The van der Waals surface area contributed by atoms with E-state index in [1.54, 1.807) is 26.4 Å². The third-order valence-corrected chi connectivity index (χ3v) is 7.60. The summed E-state index contributed by atoms with van der Waals surface area (Å²) in [5.41, 5.74) is 4.86. The van der Waals surface area contributed by atoms with Crippen LogP contribution in [0.5, 0.6) is 17.2 Å². The predicted molar refractivity (Wildman–Crippen MR) is 159 cm³/mol. The van der Waals surface area contributed by atoms with E-state index in [0.29, 0.717) is 59.2 Å². The second-order valence-corrected chi connectivity index (χ2v) is 11.3. The molecule has 1 amide bonds. The van der Waals surface area contributed by atoms with Crippen molar-refractivity contribution in [1.82, 2.24) is 5.32 Å². The molecule has 5 rings (SSSR count). The molecule has 7 nitrogen and oxygen atoms in total. The fraction of sp³-hybridized carbons (Fsp3) is 0.294. The van der Waals surface area contributed by atoms with Crippen molar-refractivity contribution in [2.45, 2.75) is 46.1 Å². The van der Waals surface area contributed by atoms with Gasteiger partial charge in [0, 0.05) is 34.9 Å². The first-order valence-electron chi connectivity index (χ1n) is 13.7. The lowest BCUT2D eigenvalue weighted by Gasteiger charge is -2.39. The summed E-state index contributed by atoms with van der Waals surface area (Å²) in [6, 6.07) is 22.8. The van der Waals surface area contributed by atoms with Crippen molar-refractivity contribution in [1.29, 1.82) is 0 Å². The summed E-state index contributed by atoms with van der Waals surface area (Å²) in [6.45, 7) is 6.46. The monoisotopic (exact) mass is 552 g/mol. The number of anilines is 1. The molecule has 0 fully saturated rings. The largest absolute Gasteiger partial charge is 0.495 e. The number of ether oxygens (including phenoxy) is 3. The Morgan fingerprint density at radius 1 is 0.927 bits per heavy atom. The van der Waals surface area contributed by atoms with Gasteiger partial charge in [-0.15, -0.1) is 0 Å². The number of carbonyl (C=O) groups is 2. The van der Waals surface area contributed by atoms with Gasteiger partial charge in [0.1, 0.15) is 12.4 Å². The van der Waals surface area contributed by atoms with E-state index in [1.807, 2.05) is 67.6 Å². The van der Waals surface area contributed by atoms with Crippen LogP contribution in [-0.2, 0) is 16.2 Å². The highest BCUT2D eigenvalue weighted by molar-refractivity contribution is 6.10. The minimum atomic E-state index is -0.582. The van der Waals surface area contributed by atoms with Crippen molar-refractivity contribution in [2.24, 2.45) is 5.41 Å². The Hall–Kier alpha value is -4.52. The Balaban J connectivity index is 1.55. The summed E-state index contributed by atoms with van der Waals surface area (Å²) in [5.74, 6) is 0.812. The van der Waals surface area contributed by atoms with Crippen LogP contribution in [0.2, 0.25) is 0 Å². The molecule has 0 bridgehead atoms. The van der Waals surface area contributed by atoms with Gasteiger partial charge in [0.25, 0.3) is 5.91 Å². The number of Topliss-reactive ketones (excluding diaryl/α,β-unsaturated/α-hetero) is 1. The van der Waals surface area contributed by atoms with Gasteiger partial charge >= 0.3 is 0 Å². The van der Waals surface area contributed by atoms with Crippen molar-refractivity contribution >= 4 is 17.4 Å². The standard InChI is InChI=1S/C34H36N2O5/c1-21-30(33(38)36-24-13-9-10-14-27(24)39-4)31(32-25(35-21)18-34(2,3)19-26(32)37)23-15-16-28(29(17-23)40-5)41-20-22-11-7-6-8-12-22/h6-17,31,35H,18-20H2,1-5H3,(H,36,38). The van der Waals surface area contributed by atoms with Crippen molar-refractivity contribution in [3.8, 4) is 17.2 Å². The Morgan fingerprint density at radius 3 is 2.37 bits per heavy atom. The highest BCUT2D eigenvalue weighted by Crippen LogP contribution is 2.48. The molecular weight excluding hydrogens is 516 g/mol. The normalized spacial score (nSPS) is 17.9. The number of para-hydroxylation sites is 2. The molecule has 41 heavy (non-hydrogen) atoms. The van der Waals surface area contributed by atoms with Crippen LogP contribution >= 0.6 is 0 Å². The molecule has 0 radical (unpaired) electrons. The SMILES string of the molecule is COc1ccccc1NC(=O)C1=C(C)NC2=C(C(=O)CC(C)(C)C2)C1c1ccc(OCc2ccccc2)c(OC)c1. The molecule has 2 aliphatic rings.